The van der Waals surface area contributed by atoms with Crippen molar-refractivity contribution in [2.75, 3.05) is 31.2 Å². The number of anilines is 2. The molecule has 1 fully saturated rings. The van der Waals surface area contributed by atoms with E-state index in [1.54, 1.807) is 6.07 Å². The van der Waals surface area contributed by atoms with Crippen LogP contribution in [0.1, 0.15) is 12.8 Å². The molecule has 0 spiro atoms. The van der Waals surface area contributed by atoms with Crippen LogP contribution in [0.15, 0.2) is 23.1 Å². The van der Waals surface area contributed by atoms with Crippen molar-refractivity contribution in [2.24, 2.45) is 5.14 Å². The second-order valence-corrected chi connectivity index (χ2v) is 6.64. The Morgan fingerprint density at radius 3 is 2.74 bits per heavy atom. The molecule has 2 rings (SSSR count). The molecule has 7 heteroatoms. The fourth-order valence-electron chi connectivity index (χ4n) is 2.39. The van der Waals surface area contributed by atoms with Gasteiger partial charge in [0.05, 0.1) is 4.90 Å². The summed E-state index contributed by atoms with van der Waals surface area (Å²) in [5.74, 6) is 0. The van der Waals surface area contributed by atoms with E-state index in [4.69, 9.17) is 10.9 Å². The summed E-state index contributed by atoms with van der Waals surface area (Å²) in [6.45, 7) is 2.02. The van der Waals surface area contributed by atoms with Crippen LogP contribution in [-0.4, -0.2) is 39.5 Å². The Morgan fingerprint density at radius 2 is 2.11 bits per heavy atom. The summed E-state index contributed by atoms with van der Waals surface area (Å²) in [6.07, 6.45) is 2.18. The minimum absolute atomic E-state index is 0.0409. The van der Waals surface area contributed by atoms with Gasteiger partial charge in [0.15, 0.2) is 0 Å². The quantitative estimate of drug-likeness (QED) is 0.698. The number of piperidine rings is 1. The lowest BCUT2D eigenvalue weighted by Crippen LogP contribution is -2.39. The van der Waals surface area contributed by atoms with Gasteiger partial charge in [-0.3, -0.25) is 0 Å². The number of nitrogens with zero attached hydrogens (tertiary/aromatic N) is 1. The molecule has 1 aromatic rings. The molecular weight excluding hydrogens is 264 g/mol. The summed E-state index contributed by atoms with van der Waals surface area (Å²) in [6, 6.07) is 4.92. The van der Waals surface area contributed by atoms with Gasteiger partial charge in [-0.2, -0.15) is 0 Å². The first-order chi connectivity index (χ1) is 8.84. The van der Waals surface area contributed by atoms with Gasteiger partial charge in [-0.05, 0) is 44.6 Å². The molecule has 1 saturated heterocycles. The van der Waals surface area contributed by atoms with Crippen LogP contribution in [0, 0.1) is 0 Å². The number of likely N-dealkylation sites (N-methyl/N-ethyl adjacent to an activating group) is 1. The van der Waals surface area contributed by atoms with E-state index in [0.29, 0.717) is 17.4 Å². The summed E-state index contributed by atoms with van der Waals surface area (Å²) in [7, 11) is -1.66. The van der Waals surface area contributed by atoms with Gasteiger partial charge in [-0.15, -0.1) is 0 Å². The Kier molecular flexibility index (Phi) is 3.98. The van der Waals surface area contributed by atoms with E-state index in [1.807, 2.05) is 0 Å². The van der Waals surface area contributed by atoms with Gasteiger partial charge in [0.25, 0.3) is 0 Å². The van der Waals surface area contributed by atoms with Crippen LogP contribution in [0.25, 0.3) is 0 Å². The van der Waals surface area contributed by atoms with Gasteiger partial charge >= 0.3 is 0 Å². The number of sulfonamides is 1. The second-order valence-electron chi connectivity index (χ2n) is 5.08. The van der Waals surface area contributed by atoms with Crippen molar-refractivity contribution in [2.45, 2.75) is 23.8 Å². The first-order valence-electron chi connectivity index (χ1n) is 6.23. The Balaban J connectivity index is 2.18. The lowest BCUT2D eigenvalue weighted by molar-refractivity contribution is 0.261. The molecule has 0 radical (unpaired) electrons. The third kappa shape index (κ3) is 3.82. The van der Waals surface area contributed by atoms with E-state index in [1.165, 1.54) is 12.1 Å². The topological polar surface area (TPSA) is 101 Å². The molecule has 0 aliphatic carbocycles. The highest BCUT2D eigenvalue weighted by molar-refractivity contribution is 7.89. The van der Waals surface area contributed by atoms with Crippen molar-refractivity contribution in [3.63, 3.8) is 0 Å². The Morgan fingerprint density at radius 1 is 1.37 bits per heavy atom. The molecule has 5 N–H and O–H groups in total. The van der Waals surface area contributed by atoms with E-state index in [0.717, 1.165) is 25.9 Å². The highest BCUT2D eigenvalue weighted by atomic mass is 32.2. The average molecular weight is 284 g/mol. The summed E-state index contributed by atoms with van der Waals surface area (Å²) in [5.41, 5.74) is 6.80. The van der Waals surface area contributed by atoms with Gasteiger partial charge in [0.1, 0.15) is 0 Å². The third-order valence-corrected chi connectivity index (χ3v) is 4.15. The van der Waals surface area contributed by atoms with Crippen LogP contribution >= 0.6 is 0 Å². The molecule has 1 heterocycles. The number of nitrogens with one attached hydrogen (secondary N) is 1. The van der Waals surface area contributed by atoms with Crippen molar-refractivity contribution < 1.29 is 8.42 Å². The summed E-state index contributed by atoms with van der Waals surface area (Å²) in [4.78, 5) is 2.28. The summed E-state index contributed by atoms with van der Waals surface area (Å²) < 4.78 is 22.7. The van der Waals surface area contributed by atoms with E-state index in [2.05, 4.69) is 17.3 Å². The van der Waals surface area contributed by atoms with Gasteiger partial charge < -0.3 is 16.0 Å². The first-order valence-corrected chi connectivity index (χ1v) is 7.78. The molecule has 1 unspecified atom stereocenters. The molecule has 1 aliphatic rings. The van der Waals surface area contributed by atoms with E-state index >= 15 is 0 Å². The lowest BCUT2D eigenvalue weighted by Gasteiger charge is -2.31. The van der Waals surface area contributed by atoms with Gasteiger partial charge in [0, 0.05) is 24.0 Å². The molecule has 1 aliphatic heterocycles. The predicted molar refractivity (Wildman–Crippen MR) is 76.4 cm³/mol. The maximum Gasteiger partial charge on any atom is 0.238 e. The van der Waals surface area contributed by atoms with E-state index in [-0.39, 0.29) is 4.90 Å². The van der Waals surface area contributed by atoms with Crippen molar-refractivity contribution in [1.82, 2.24) is 4.90 Å². The van der Waals surface area contributed by atoms with Crippen LogP contribution in [0.2, 0.25) is 0 Å². The molecule has 0 bridgehead atoms. The van der Waals surface area contributed by atoms with Crippen LogP contribution in [0.3, 0.4) is 0 Å². The molecule has 106 valence electrons. The van der Waals surface area contributed by atoms with Crippen molar-refractivity contribution in [3.8, 4) is 0 Å². The van der Waals surface area contributed by atoms with E-state index < -0.39 is 10.0 Å². The molecule has 0 saturated carbocycles. The number of nitrogen functional groups attached to an aromatic ring is 1. The zero-order chi connectivity index (χ0) is 14.0. The maximum atomic E-state index is 11.4. The number of primary sulfonamides is 1. The fourth-order valence-corrected chi connectivity index (χ4v) is 2.98. The number of benzene rings is 1. The SMILES string of the molecule is CN1CCCC(Nc2cc(N)cc(S(N)(=O)=O)c2)C1. The van der Waals surface area contributed by atoms with E-state index in [9.17, 15) is 8.42 Å². The fraction of sp³-hybridized carbons (Fsp3) is 0.500. The van der Waals surface area contributed by atoms with Gasteiger partial charge in [0.2, 0.25) is 10.0 Å². The Hall–Kier alpha value is -1.31. The highest BCUT2D eigenvalue weighted by Gasteiger charge is 2.18. The molecule has 0 aromatic heterocycles. The maximum absolute atomic E-state index is 11.4. The standard InChI is InChI=1S/C12H20N4O2S/c1-16-4-2-3-10(8-16)15-11-5-9(13)6-12(7-11)19(14,17)18/h5-7,10,15H,2-4,8,13H2,1H3,(H2,14,17,18). The molecular formula is C12H20N4O2S. The van der Waals surface area contributed by atoms with Crippen LogP contribution < -0.4 is 16.2 Å². The normalized spacial score (nSPS) is 21.3. The summed E-state index contributed by atoms with van der Waals surface area (Å²) in [5, 5.41) is 8.45. The Bertz CT molecular complexity index is 559. The number of nitrogens with two attached hydrogens (primary N) is 2. The number of hydrogen-bond donors (Lipinski definition) is 3. The van der Waals surface area contributed by atoms with Crippen molar-refractivity contribution in [3.05, 3.63) is 18.2 Å². The minimum Gasteiger partial charge on any atom is -0.399 e. The molecule has 19 heavy (non-hydrogen) atoms. The monoisotopic (exact) mass is 284 g/mol. The van der Waals surface area contributed by atoms with Crippen LogP contribution in [-0.2, 0) is 10.0 Å². The third-order valence-electron chi connectivity index (χ3n) is 3.25. The van der Waals surface area contributed by atoms with Crippen LogP contribution in [0.5, 0.6) is 0 Å². The molecule has 1 atom stereocenters. The zero-order valence-electron chi connectivity index (χ0n) is 11.0. The number of likely N-dealkylation sites (tertiary alicyclic amines) is 1. The number of rotatable bonds is 3. The first kappa shape index (κ1) is 14.1. The molecule has 1 aromatic carbocycles. The molecule has 0 amide bonds. The summed E-state index contributed by atoms with van der Waals surface area (Å²) >= 11 is 0. The largest absolute Gasteiger partial charge is 0.399 e. The molecule has 6 nitrogen and oxygen atoms in total. The highest BCUT2D eigenvalue weighted by Crippen LogP contribution is 2.22. The zero-order valence-corrected chi connectivity index (χ0v) is 11.8. The van der Waals surface area contributed by atoms with Crippen molar-refractivity contribution in [1.29, 1.82) is 0 Å². The minimum atomic E-state index is -3.73. The van der Waals surface area contributed by atoms with Crippen molar-refractivity contribution >= 4 is 21.4 Å². The predicted octanol–water partition coefficient (Wildman–Crippen LogP) is 0.422. The lowest BCUT2D eigenvalue weighted by atomic mass is 10.1. The van der Waals surface area contributed by atoms with Gasteiger partial charge in [-0.25, -0.2) is 13.6 Å². The second kappa shape index (κ2) is 5.36. The average Bonchev–Trinajstić information content (AvgIpc) is 2.26. The van der Waals surface area contributed by atoms with Gasteiger partial charge in [-0.1, -0.05) is 0 Å². The van der Waals surface area contributed by atoms with Crippen LogP contribution in [0.4, 0.5) is 11.4 Å². The smallest absolute Gasteiger partial charge is 0.238 e. The Labute approximate surface area is 113 Å². The number of hydrogen-bond acceptors (Lipinski definition) is 5.